The van der Waals surface area contributed by atoms with Gasteiger partial charge in [0, 0.05) is 18.2 Å². The molecule has 2 nitrogen and oxygen atoms in total. The van der Waals surface area contributed by atoms with Crippen LogP contribution in [0.3, 0.4) is 0 Å². The van der Waals surface area contributed by atoms with Gasteiger partial charge in [-0.25, -0.2) is 4.39 Å². The van der Waals surface area contributed by atoms with Gasteiger partial charge in [-0.1, -0.05) is 32.0 Å². The monoisotopic (exact) mass is 253 g/mol. The third-order valence-electron chi connectivity index (χ3n) is 3.10. The lowest BCUT2D eigenvalue weighted by molar-refractivity contribution is 0.165. The third-order valence-corrected chi connectivity index (χ3v) is 3.10. The molecule has 0 bridgehead atoms. The molecule has 18 heavy (non-hydrogen) atoms. The molecule has 2 atom stereocenters. The summed E-state index contributed by atoms with van der Waals surface area (Å²) in [6, 6.07) is 6.71. The molecule has 0 aliphatic heterocycles. The largest absolute Gasteiger partial charge is 0.387 e. The van der Waals surface area contributed by atoms with Crippen molar-refractivity contribution in [2.24, 2.45) is 5.92 Å². The number of aliphatic hydroxyl groups is 1. The lowest BCUT2D eigenvalue weighted by atomic mass is 10.0. The molecule has 0 aromatic heterocycles. The van der Waals surface area contributed by atoms with Crippen molar-refractivity contribution in [2.45, 2.75) is 45.8 Å². The SMILES string of the molecule is CC(C)CCC(C)NCC(O)c1ccccc1F. The van der Waals surface area contributed by atoms with Crippen LogP contribution in [-0.4, -0.2) is 17.7 Å². The Hall–Kier alpha value is -0.930. The van der Waals surface area contributed by atoms with Crippen LogP contribution in [0.25, 0.3) is 0 Å². The molecule has 1 aromatic carbocycles. The highest BCUT2D eigenvalue weighted by molar-refractivity contribution is 5.19. The van der Waals surface area contributed by atoms with E-state index in [1.807, 2.05) is 0 Å². The van der Waals surface area contributed by atoms with Crippen LogP contribution < -0.4 is 5.32 Å². The Labute approximate surface area is 109 Å². The van der Waals surface area contributed by atoms with Gasteiger partial charge >= 0.3 is 0 Å². The Kier molecular flexibility index (Phi) is 6.30. The van der Waals surface area contributed by atoms with Gasteiger partial charge in [-0.3, -0.25) is 0 Å². The number of hydrogen-bond donors (Lipinski definition) is 2. The van der Waals surface area contributed by atoms with Crippen molar-refractivity contribution in [3.63, 3.8) is 0 Å². The highest BCUT2D eigenvalue weighted by Gasteiger charge is 2.13. The molecule has 102 valence electrons. The summed E-state index contributed by atoms with van der Waals surface area (Å²) >= 11 is 0. The molecular formula is C15H24FNO. The van der Waals surface area contributed by atoms with E-state index in [1.54, 1.807) is 18.2 Å². The van der Waals surface area contributed by atoms with Crippen LogP contribution in [0.5, 0.6) is 0 Å². The average molecular weight is 253 g/mol. The van der Waals surface area contributed by atoms with Crippen LogP contribution in [0, 0.1) is 11.7 Å². The smallest absolute Gasteiger partial charge is 0.129 e. The van der Waals surface area contributed by atoms with E-state index in [1.165, 1.54) is 6.07 Å². The Morgan fingerprint density at radius 3 is 2.44 bits per heavy atom. The van der Waals surface area contributed by atoms with E-state index in [2.05, 4.69) is 26.1 Å². The lowest BCUT2D eigenvalue weighted by Gasteiger charge is -2.18. The van der Waals surface area contributed by atoms with Gasteiger partial charge in [0.15, 0.2) is 0 Å². The van der Waals surface area contributed by atoms with Gasteiger partial charge in [0.2, 0.25) is 0 Å². The summed E-state index contributed by atoms with van der Waals surface area (Å²) in [6.45, 7) is 6.87. The van der Waals surface area contributed by atoms with E-state index in [4.69, 9.17) is 0 Å². The van der Waals surface area contributed by atoms with Crippen LogP contribution in [0.4, 0.5) is 4.39 Å². The van der Waals surface area contributed by atoms with Crippen molar-refractivity contribution in [3.05, 3.63) is 35.6 Å². The molecule has 0 radical (unpaired) electrons. The Bertz CT molecular complexity index is 354. The second-order valence-electron chi connectivity index (χ2n) is 5.32. The first-order valence-corrected chi connectivity index (χ1v) is 6.66. The minimum atomic E-state index is -0.785. The number of halogens is 1. The minimum Gasteiger partial charge on any atom is -0.387 e. The highest BCUT2D eigenvalue weighted by Crippen LogP contribution is 2.16. The first-order chi connectivity index (χ1) is 8.50. The van der Waals surface area contributed by atoms with E-state index in [-0.39, 0.29) is 5.82 Å². The van der Waals surface area contributed by atoms with E-state index < -0.39 is 6.10 Å². The molecule has 0 saturated carbocycles. The number of hydrogen-bond acceptors (Lipinski definition) is 2. The number of nitrogens with one attached hydrogen (secondary N) is 1. The first-order valence-electron chi connectivity index (χ1n) is 6.66. The molecule has 1 rings (SSSR count). The van der Waals surface area contributed by atoms with Gasteiger partial charge in [-0.2, -0.15) is 0 Å². The molecule has 0 saturated heterocycles. The normalized spacial score (nSPS) is 14.8. The molecule has 0 amide bonds. The number of aliphatic hydroxyl groups excluding tert-OH is 1. The Morgan fingerprint density at radius 2 is 1.83 bits per heavy atom. The Morgan fingerprint density at radius 1 is 1.17 bits per heavy atom. The van der Waals surface area contributed by atoms with E-state index in [9.17, 15) is 9.50 Å². The fraction of sp³-hybridized carbons (Fsp3) is 0.600. The zero-order valence-electron chi connectivity index (χ0n) is 11.5. The van der Waals surface area contributed by atoms with Crippen LogP contribution in [0.1, 0.15) is 45.3 Å². The summed E-state index contributed by atoms with van der Waals surface area (Å²) in [5.41, 5.74) is 0.362. The van der Waals surface area contributed by atoms with Crippen LogP contribution in [-0.2, 0) is 0 Å². The molecular weight excluding hydrogens is 229 g/mol. The van der Waals surface area contributed by atoms with Crippen molar-refractivity contribution < 1.29 is 9.50 Å². The predicted octanol–water partition coefficient (Wildman–Crippen LogP) is 3.27. The van der Waals surface area contributed by atoms with E-state index in [0.717, 1.165) is 12.8 Å². The number of rotatable bonds is 7. The molecule has 2 unspecified atom stereocenters. The summed E-state index contributed by atoms with van der Waals surface area (Å²) in [6.07, 6.45) is 1.44. The molecule has 0 aliphatic rings. The van der Waals surface area contributed by atoms with E-state index in [0.29, 0.717) is 24.1 Å². The topological polar surface area (TPSA) is 32.3 Å². The van der Waals surface area contributed by atoms with Gasteiger partial charge in [-0.15, -0.1) is 0 Å². The van der Waals surface area contributed by atoms with Gasteiger partial charge in [-0.05, 0) is 31.7 Å². The van der Waals surface area contributed by atoms with Gasteiger partial charge < -0.3 is 10.4 Å². The van der Waals surface area contributed by atoms with Crippen LogP contribution in [0.15, 0.2) is 24.3 Å². The average Bonchev–Trinajstić information content (AvgIpc) is 2.34. The zero-order chi connectivity index (χ0) is 13.5. The summed E-state index contributed by atoms with van der Waals surface area (Å²) in [5.74, 6) is 0.340. The zero-order valence-corrected chi connectivity index (χ0v) is 11.5. The quantitative estimate of drug-likeness (QED) is 0.781. The number of benzene rings is 1. The second-order valence-corrected chi connectivity index (χ2v) is 5.32. The maximum Gasteiger partial charge on any atom is 0.129 e. The first kappa shape index (κ1) is 15.1. The maximum absolute atomic E-state index is 13.4. The minimum absolute atomic E-state index is 0.342. The van der Waals surface area contributed by atoms with Crippen LogP contribution in [0.2, 0.25) is 0 Å². The van der Waals surface area contributed by atoms with Gasteiger partial charge in [0.25, 0.3) is 0 Å². The highest BCUT2D eigenvalue weighted by atomic mass is 19.1. The summed E-state index contributed by atoms with van der Waals surface area (Å²) < 4.78 is 13.4. The van der Waals surface area contributed by atoms with Crippen molar-refractivity contribution in [1.29, 1.82) is 0 Å². The van der Waals surface area contributed by atoms with Crippen molar-refractivity contribution >= 4 is 0 Å². The fourth-order valence-corrected chi connectivity index (χ4v) is 1.85. The van der Waals surface area contributed by atoms with E-state index >= 15 is 0 Å². The van der Waals surface area contributed by atoms with Crippen molar-refractivity contribution in [2.75, 3.05) is 6.54 Å². The maximum atomic E-state index is 13.4. The fourth-order valence-electron chi connectivity index (χ4n) is 1.85. The molecule has 0 spiro atoms. The van der Waals surface area contributed by atoms with Gasteiger partial charge in [0.1, 0.15) is 5.82 Å². The summed E-state index contributed by atoms with van der Waals surface area (Å²) in [5, 5.41) is 13.2. The van der Waals surface area contributed by atoms with Gasteiger partial charge in [0.05, 0.1) is 6.10 Å². The molecule has 2 N–H and O–H groups in total. The summed E-state index contributed by atoms with van der Waals surface area (Å²) in [4.78, 5) is 0. The molecule has 3 heteroatoms. The second kappa shape index (κ2) is 7.49. The summed E-state index contributed by atoms with van der Waals surface area (Å²) in [7, 11) is 0. The van der Waals surface area contributed by atoms with Crippen LogP contribution >= 0.6 is 0 Å². The third kappa shape index (κ3) is 5.15. The molecule has 0 heterocycles. The Balaban J connectivity index is 2.37. The predicted molar refractivity (Wildman–Crippen MR) is 72.9 cm³/mol. The van der Waals surface area contributed by atoms with Crippen molar-refractivity contribution in [3.8, 4) is 0 Å². The van der Waals surface area contributed by atoms with Crippen molar-refractivity contribution in [1.82, 2.24) is 5.32 Å². The lowest BCUT2D eigenvalue weighted by Crippen LogP contribution is -2.30. The molecule has 0 fully saturated rings. The standard InChI is InChI=1S/C15H24FNO/c1-11(2)8-9-12(3)17-10-15(18)13-6-4-5-7-14(13)16/h4-7,11-12,15,17-18H,8-10H2,1-3H3. The molecule has 0 aliphatic carbocycles. The molecule has 1 aromatic rings.